The van der Waals surface area contributed by atoms with Crippen LogP contribution in [-0.2, 0) is 4.89 Å². The van der Waals surface area contributed by atoms with Crippen molar-refractivity contribution in [1.29, 1.82) is 0 Å². The van der Waals surface area contributed by atoms with Gasteiger partial charge >= 0.3 is 5.97 Å². The predicted octanol–water partition coefficient (Wildman–Crippen LogP) is 4.05. The van der Waals surface area contributed by atoms with Gasteiger partial charge in [0, 0.05) is 11.1 Å². The maximum Gasteiger partial charge on any atom is 0.393 e. The van der Waals surface area contributed by atoms with Crippen LogP contribution in [0.25, 0.3) is 0 Å². The summed E-state index contributed by atoms with van der Waals surface area (Å²) in [6, 6.07) is 9.64. The van der Waals surface area contributed by atoms with Crippen molar-refractivity contribution in [2.45, 2.75) is 0 Å². The van der Waals surface area contributed by atoms with E-state index in [2.05, 4.69) is 4.89 Å². The van der Waals surface area contributed by atoms with Gasteiger partial charge in [-0.05, 0) is 24.3 Å². The van der Waals surface area contributed by atoms with Crippen molar-refractivity contribution in [3.8, 4) is 5.75 Å². The number of nitro groups is 1. The highest BCUT2D eigenvalue weighted by Crippen LogP contribution is 2.28. The molecule has 6 nitrogen and oxygen atoms in total. The number of nitro benzene ring substituents is 1. The molecule has 0 spiro atoms. The van der Waals surface area contributed by atoms with Crippen LogP contribution in [0.4, 0.5) is 5.69 Å². The third-order valence-electron chi connectivity index (χ3n) is 2.42. The van der Waals surface area contributed by atoms with Gasteiger partial charge in [-0.2, -0.15) is 0 Å². The van der Waals surface area contributed by atoms with Crippen molar-refractivity contribution in [2.75, 3.05) is 0 Å². The Hall–Kier alpha value is -2.31. The van der Waals surface area contributed by atoms with Crippen molar-refractivity contribution in [2.24, 2.45) is 0 Å². The summed E-state index contributed by atoms with van der Waals surface area (Å²) in [7, 11) is 0. The van der Waals surface area contributed by atoms with Gasteiger partial charge in [0.05, 0.1) is 9.95 Å². The number of benzene rings is 2. The molecule has 0 saturated carbocycles. The second-order valence-corrected chi connectivity index (χ2v) is 4.65. The van der Waals surface area contributed by atoms with Gasteiger partial charge in [0.25, 0.3) is 5.69 Å². The molecule has 0 aliphatic carbocycles. The maximum absolute atomic E-state index is 11.8. The first-order valence-corrected chi connectivity index (χ1v) is 6.32. The molecule has 0 radical (unpaired) electrons. The highest BCUT2D eigenvalue weighted by molar-refractivity contribution is 6.35. The zero-order valence-electron chi connectivity index (χ0n) is 10.3. The van der Waals surface area contributed by atoms with E-state index in [-0.39, 0.29) is 22.0 Å². The Balaban J connectivity index is 2.14. The average molecular weight is 328 g/mol. The van der Waals surface area contributed by atoms with Crippen molar-refractivity contribution >= 4 is 34.9 Å². The smallest absolute Gasteiger partial charge is 0.285 e. The molecule has 0 aliphatic heterocycles. The molecule has 0 amide bonds. The summed E-state index contributed by atoms with van der Waals surface area (Å²) in [5, 5.41) is 11.3. The summed E-state index contributed by atoms with van der Waals surface area (Å²) < 4.78 is 0. The fourth-order valence-electron chi connectivity index (χ4n) is 1.48. The van der Waals surface area contributed by atoms with Crippen LogP contribution in [0.5, 0.6) is 5.75 Å². The summed E-state index contributed by atoms with van der Waals surface area (Å²) in [5.41, 5.74) is -0.610. The average Bonchev–Trinajstić information content (AvgIpc) is 2.46. The number of carbonyl (C=O) groups excluding carboxylic acids is 1. The molecule has 8 heteroatoms. The lowest BCUT2D eigenvalue weighted by Crippen LogP contribution is -2.10. The van der Waals surface area contributed by atoms with E-state index in [1.807, 2.05) is 0 Å². The zero-order chi connectivity index (χ0) is 15.4. The predicted molar refractivity (Wildman–Crippen MR) is 75.6 cm³/mol. The SMILES string of the molecule is O=C(OOc1ccc(Cl)cc1Cl)c1ccccc1[N+](=O)[O-]. The van der Waals surface area contributed by atoms with Gasteiger partial charge in [-0.15, -0.1) is 0 Å². The Bertz CT molecular complexity index is 705. The molecule has 0 fully saturated rings. The summed E-state index contributed by atoms with van der Waals surface area (Å²) in [6.07, 6.45) is 0. The van der Waals surface area contributed by atoms with Crippen LogP contribution in [0.1, 0.15) is 10.4 Å². The van der Waals surface area contributed by atoms with Gasteiger partial charge in [0.15, 0.2) is 5.75 Å². The van der Waals surface area contributed by atoms with Gasteiger partial charge in [-0.3, -0.25) is 15.0 Å². The van der Waals surface area contributed by atoms with Crippen molar-refractivity contribution in [3.63, 3.8) is 0 Å². The first kappa shape index (κ1) is 15.1. The minimum Gasteiger partial charge on any atom is -0.285 e. The van der Waals surface area contributed by atoms with Gasteiger partial charge in [0.2, 0.25) is 0 Å². The number of rotatable bonds is 4. The largest absolute Gasteiger partial charge is 0.393 e. The molecule has 0 atom stereocenters. The Morgan fingerprint density at radius 3 is 2.52 bits per heavy atom. The quantitative estimate of drug-likeness (QED) is 0.480. The van der Waals surface area contributed by atoms with Crippen LogP contribution < -0.4 is 4.89 Å². The van der Waals surface area contributed by atoms with Gasteiger partial charge in [-0.25, -0.2) is 9.68 Å². The number of hydrogen-bond donors (Lipinski definition) is 0. The first-order valence-electron chi connectivity index (χ1n) is 5.56. The van der Waals surface area contributed by atoms with E-state index in [9.17, 15) is 14.9 Å². The molecule has 0 unspecified atom stereocenters. The fourth-order valence-corrected chi connectivity index (χ4v) is 1.92. The molecule has 0 N–H and O–H groups in total. The Morgan fingerprint density at radius 2 is 1.86 bits per heavy atom. The number of carbonyl (C=O) groups is 1. The molecule has 2 aromatic carbocycles. The highest BCUT2D eigenvalue weighted by Gasteiger charge is 2.22. The topological polar surface area (TPSA) is 78.7 Å². The summed E-state index contributed by atoms with van der Waals surface area (Å²) in [4.78, 5) is 31.3. The normalized spacial score (nSPS) is 10.0. The third-order valence-corrected chi connectivity index (χ3v) is 2.95. The van der Waals surface area contributed by atoms with Crippen molar-refractivity contribution in [1.82, 2.24) is 0 Å². The Kier molecular flexibility index (Phi) is 4.62. The molecule has 2 rings (SSSR count). The molecule has 0 aliphatic rings. The van der Waals surface area contributed by atoms with E-state index >= 15 is 0 Å². The standard InChI is InChI=1S/C13H7Cl2NO5/c14-8-5-6-12(10(15)7-8)20-21-13(17)9-3-1-2-4-11(9)16(18)19/h1-7H. The fraction of sp³-hybridized carbons (Fsp3) is 0. The van der Waals surface area contributed by atoms with E-state index in [0.717, 1.165) is 0 Å². The lowest BCUT2D eigenvalue weighted by atomic mass is 10.2. The molecule has 21 heavy (non-hydrogen) atoms. The van der Waals surface area contributed by atoms with Crippen LogP contribution in [0.2, 0.25) is 10.0 Å². The number of hydrogen-bond acceptors (Lipinski definition) is 5. The van der Waals surface area contributed by atoms with Crippen LogP contribution in [0.3, 0.4) is 0 Å². The lowest BCUT2D eigenvalue weighted by molar-refractivity contribution is -0.385. The van der Waals surface area contributed by atoms with Crippen molar-refractivity contribution < 1.29 is 19.5 Å². The molecule has 2 aromatic rings. The monoisotopic (exact) mass is 327 g/mol. The zero-order valence-corrected chi connectivity index (χ0v) is 11.8. The summed E-state index contributed by atoms with van der Waals surface area (Å²) >= 11 is 11.5. The third kappa shape index (κ3) is 3.62. The van der Waals surface area contributed by atoms with Crippen LogP contribution in [0.15, 0.2) is 42.5 Å². The minimum atomic E-state index is -1.01. The molecule has 0 saturated heterocycles. The first-order chi connectivity index (χ1) is 9.99. The molecule has 0 bridgehead atoms. The second kappa shape index (κ2) is 6.43. The Labute approximate surface area is 128 Å². The maximum atomic E-state index is 11.8. The number of nitrogens with zero attached hydrogens (tertiary/aromatic N) is 1. The highest BCUT2D eigenvalue weighted by atomic mass is 35.5. The summed E-state index contributed by atoms with van der Waals surface area (Å²) in [6.45, 7) is 0. The molecule has 108 valence electrons. The lowest BCUT2D eigenvalue weighted by Gasteiger charge is -2.06. The molecule has 0 heterocycles. The van der Waals surface area contributed by atoms with Gasteiger partial charge in [0.1, 0.15) is 5.56 Å². The molecular formula is C13H7Cl2NO5. The molecular weight excluding hydrogens is 321 g/mol. The van der Waals surface area contributed by atoms with E-state index < -0.39 is 10.9 Å². The van der Waals surface area contributed by atoms with Crippen molar-refractivity contribution in [3.05, 3.63) is 68.2 Å². The van der Waals surface area contributed by atoms with Crippen LogP contribution in [-0.4, -0.2) is 10.9 Å². The van der Waals surface area contributed by atoms with E-state index in [0.29, 0.717) is 5.02 Å². The van der Waals surface area contributed by atoms with E-state index in [4.69, 9.17) is 28.1 Å². The number of halogens is 2. The minimum absolute atomic E-state index is 0.0630. The number of para-hydroxylation sites is 1. The van der Waals surface area contributed by atoms with E-state index in [1.165, 1.54) is 42.5 Å². The second-order valence-electron chi connectivity index (χ2n) is 3.80. The Morgan fingerprint density at radius 1 is 1.14 bits per heavy atom. The van der Waals surface area contributed by atoms with E-state index in [1.54, 1.807) is 0 Å². The summed E-state index contributed by atoms with van der Waals surface area (Å²) in [5.74, 6) is -0.943. The van der Waals surface area contributed by atoms with Gasteiger partial charge < -0.3 is 0 Å². The van der Waals surface area contributed by atoms with Crippen LogP contribution >= 0.6 is 23.2 Å². The molecule has 0 aromatic heterocycles. The van der Waals surface area contributed by atoms with Gasteiger partial charge in [-0.1, -0.05) is 35.3 Å². The van der Waals surface area contributed by atoms with Crippen LogP contribution in [0, 0.1) is 10.1 Å².